The Morgan fingerprint density at radius 2 is 1.96 bits per heavy atom. The lowest BCUT2D eigenvalue weighted by atomic mass is 10.1. The fourth-order valence-corrected chi connectivity index (χ4v) is 2.28. The van der Waals surface area contributed by atoms with E-state index in [-0.39, 0.29) is 6.42 Å². The smallest absolute Gasteiger partial charge is 0.330 e. The van der Waals surface area contributed by atoms with Crippen molar-refractivity contribution in [3.63, 3.8) is 0 Å². The van der Waals surface area contributed by atoms with Crippen LogP contribution in [0.1, 0.15) is 11.4 Å². The molecule has 8 heteroatoms. The van der Waals surface area contributed by atoms with Gasteiger partial charge in [0.25, 0.3) is 5.56 Å². The number of pyridine rings is 1. The summed E-state index contributed by atoms with van der Waals surface area (Å²) in [5.74, 6) is -1.10. The molecule has 2 rings (SSSR count). The number of carbonyl (C=O) groups is 1. The highest BCUT2D eigenvalue weighted by Gasteiger charge is 2.16. The van der Waals surface area contributed by atoms with Gasteiger partial charge in [-0.2, -0.15) is 0 Å². The van der Waals surface area contributed by atoms with Crippen molar-refractivity contribution in [3.05, 3.63) is 50.6 Å². The van der Waals surface area contributed by atoms with Crippen LogP contribution >= 0.6 is 0 Å². The highest BCUT2D eigenvalue weighted by atomic mass is 16.4. The molecule has 122 valence electrons. The monoisotopic (exact) mass is 318 g/mol. The minimum atomic E-state index is -1.10. The third-order valence-corrected chi connectivity index (χ3v) is 3.82. The van der Waals surface area contributed by atoms with Crippen LogP contribution in [0.5, 0.6) is 0 Å². The van der Waals surface area contributed by atoms with Crippen molar-refractivity contribution in [2.75, 3.05) is 0 Å². The molecule has 2 heterocycles. The topological polar surface area (TPSA) is 120 Å². The first-order valence-electron chi connectivity index (χ1n) is 6.94. The molecule has 0 amide bonds. The number of aliphatic carboxylic acids is 1. The molecule has 8 nitrogen and oxygen atoms in total. The van der Waals surface area contributed by atoms with E-state index < -0.39 is 23.3 Å². The van der Waals surface area contributed by atoms with Crippen molar-refractivity contribution < 1.29 is 9.90 Å². The molecule has 0 aromatic carbocycles. The van der Waals surface area contributed by atoms with E-state index in [0.29, 0.717) is 22.5 Å². The average Bonchev–Trinajstić information content (AvgIpc) is 2.52. The van der Waals surface area contributed by atoms with Crippen LogP contribution in [0.2, 0.25) is 0 Å². The molecule has 0 spiro atoms. The van der Waals surface area contributed by atoms with Crippen molar-refractivity contribution >= 4 is 5.97 Å². The van der Waals surface area contributed by atoms with Gasteiger partial charge in [-0.3, -0.25) is 19.1 Å². The molecule has 0 radical (unpaired) electrons. The standard InChI is InChI=1S/C15H18N4O4/c1-8-12(13(20)19(3)15(23)18(8)2)9-4-5-10(17-7-9)6-11(16)14(21)22/h4-5,7,11H,6,16H2,1-3H3,(H,21,22). The Hall–Kier alpha value is -2.74. The summed E-state index contributed by atoms with van der Waals surface area (Å²) in [6, 6.07) is 2.27. The summed E-state index contributed by atoms with van der Waals surface area (Å²) in [4.78, 5) is 39.1. The molecule has 0 aliphatic carbocycles. The second-order valence-electron chi connectivity index (χ2n) is 5.35. The Morgan fingerprint density at radius 3 is 2.48 bits per heavy atom. The number of hydrogen-bond acceptors (Lipinski definition) is 5. The lowest BCUT2D eigenvalue weighted by molar-refractivity contribution is -0.138. The molecule has 2 aromatic heterocycles. The van der Waals surface area contributed by atoms with Gasteiger partial charge in [0.1, 0.15) is 6.04 Å². The van der Waals surface area contributed by atoms with Gasteiger partial charge < -0.3 is 15.4 Å². The minimum Gasteiger partial charge on any atom is -0.480 e. The third kappa shape index (κ3) is 3.07. The van der Waals surface area contributed by atoms with Gasteiger partial charge >= 0.3 is 11.7 Å². The number of nitrogens with two attached hydrogens (primary N) is 1. The maximum Gasteiger partial charge on any atom is 0.330 e. The number of carboxylic acid groups (broad SMARTS) is 1. The van der Waals surface area contributed by atoms with Crippen LogP contribution in [0.15, 0.2) is 27.9 Å². The van der Waals surface area contributed by atoms with E-state index in [4.69, 9.17) is 10.8 Å². The van der Waals surface area contributed by atoms with Gasteiger partial charge in [0.2, 0.25) is 0 Å². The van der Waals surface area contributed by atoms with E-state index in [9.17, 15) is 14.4 Å². The first kappa shape index (κ1) is 16.6. The van der Waals surface area contributed by atoms with Gasteiger partial charge in [-0.15, -0.1) is 0 Å². The largest absolute Gasteiger partial charge is 0.480 e. The van der Waals surface area contributed by atoms with Crippen molar-refractivity contribution in [1.29, 1.82) is 0 Å². The normalized spacial score (nSPS) is 12.2. The van der Waals surface area contributed by atoms with Crippen molar-refractivity contribution in [2.24, 2.45) is 19.8 Å². The van der Waals surface area contributed by atoms with E-state index in [2.05, 4.69) is 4.98 Å². The second kappa shape index (κ2) is 6.17. The van der Waals surface area contributed by atoms with E-state index in [1.807, 2.05) is 0 Å². The molecule has 0 aliphatic rings. The van der Waals surface area contributed by atoms with Crippen LogP contribution in [0, 0.1) is 6.92 Å². The van der Waals surface area contributed by atoms with E-state index in [1.165, 1.54) is 17.8 Å². The summed E-state index contributed by atoms with van der Waals surface area (Å²) in [6.07, 6.45) is 1.58. The second-order valence-corrected chi connectivity index (χ2v) is 5.35. The van der Waals surface area contributed by atoms with Crippen LogP contribution in [0.3, 0.4) is 0 Å². The first-order chi connectivity index (χ1) is 10.7. The summed E-state index contributed by atoms with van der Waals surface area (Å²) < 4.78 is 2.43. The van der Waals surface area contributed by atoms with Gasteiger partial charge in [-0.1, -0.05) is 6.07 Å². The number of carboxylic acids is 1. The SMILES string of the molecule is Cc1c(-c2ccc(CC(N)C(=O)O)nc2)c(=O)n(C)c(=O)n1C. The number of nitrogens with zero attached hydrogens (tertiary/aromatic N) is 3. The lowest BCUT2D eigenvalue weighted by Gasteiger charge is -2.12. The number of rotatable bonds is 4. The van der Waals surface area contributed by atoms with Crippen LogP contribution in [-0.4, -0.2) is 31.2 Å². The highest BCUT2D eigenvalue weighted by Crippen LogP contribution is 2.17. The number of hydrogen-bond donors (Lipinski definition) is 2. The average molecular weight is 318 g/mol. The van der Waals surface area contributed by atoms with Crippen molar-refractivity contribution in [3.8, 4) is 11.1 Å². The molecule has 0 aliphatic heterocycles. The Balaban J connectivity index is 2.47. The number of aromatic nitrogens is 3. The summed E-state index contributed by atoms with van der Waals surface area (Å²) in [5, 5.41) is 8.81. The van der Waals surface area contributed by atoms with E-state index >= 15 is 0 Å². The summed E-state index contributed by atoms with van der Waals surface area (Å²) in [5.41, 5.74) is 6.68. The lowest BCUT2D eigenvalue weighted by Crippen LogP contribution is -2.39. The summed E-state index contributed by atoms with van der Waals surface area (Å²) >= 11 is 0. The van der Waals surface area contributed by atoms with E-state index in [1.54, 1.807) is 26.1 Å². The molecule has 0 saturated carbocycles. The third-order valence-electron chi connectivity index (χ3n) is 3.82. The maximum absolute atomic E-state index is 12.3. The van der Waals surface area contributed by atoms with Crippen molar-refractivity contribution in [2.45, 2.75) is 19.4 Å². The predicted molar refractivity (Wildman–Crippen MR) is 84.2 cm³/mol. The molecule has 1 unspecified atom stereocenters. The molecule has 0 bridgehead atoms. The Bertz CT molecular complexity index is 865. The maximum atomic E-state index is 12.3. The van der Waals surface area contributed by atoms with Gasteiger partial charge in [0, 0.05) is 43.7 Å². The fourth-order valence-electron chi connectivity index (χ4n) is 2.28. The molecule has 0 saturated heterocycles. The van der Waals surface area contributed by atoms with Gasteiger partial charge in [-0.25, -0.2) is 4.79 Å². The molecule has 23 heavy (non-hydrogen) atoms. The summed E-state index contributed by atoms with van der Waals surface area (Å²) in [6.45, 7) is 1.69. The Kier molecular flexibility index (Phi) is 4.46. The molecular formula is C15H18N4O4. The Labute approximate surface area is 131 Å². The first-order valence-corrected chi connectivity index (χ1v) is 6.94. The van der Waals surface area contributed by atoms with Crippen LogP contribution in [-0.2, 0) is 25.3 Å². The Morgan fingerprint density at radius 1 is 1.30 bits per heavy atom. The minimum absolute atomic E-state index is 0.0971. The molecule has 1 atom stereocenters. The van der Waals surface area contributed by atoms with Crippen LogP contribution < -0.4 is 17.0 Å². The zero-order valence-electron chi connectivity index (χ0n) is 13.1. The zero-order chi connectivity index (χ0) is 17.3. The molecule has 3 N–H and O–H groups in total. The quantitative estimate of drug-likeness (QED) is 0.777. The van der Waals surface area contributed by atoms with Crippen molar-refractivity contribution in [1.82, 2.24) is 14.1 Å². The van der Waals surface area contributed by atoms with Gasteiger partial charge in [0.05, 0.1) is 5.56 Å². The molecular weight excluding hydrogens is 300 g/mol. The van der Waals surface area contributed by atoms with Gasteiger partial charge in [-0.05, 0) is 13.0 Å². The van der Waals surface area contributed by atoms with Crippen LogP contribution in [0.4, 0.5) is 0 Å². The van der Waals surface area contributed by atoms with Crippen LogP contribution in [0.25, 0.3) is 11.1 Å². The molecule has 0 fully saturated rings. The highest BCUT2D eigenvalue weighted by molar-refractivity contribution is 5.73. The summed E-state index contributed by atoms with van der Waals surface area (Å²) in [7, 11) is 3.01. The zero-order valence-corrected chi connectivity index (χ0v) is 13.1. The van der Waals surface area contributed by atoms with E-state index in [0.717, 1.165) is 4.57 Å². The fraction of sp³-hybridized carbons (Fsp3) is 0.333. The molecule has 2 aromatic rings. The predicted octanol–water partition coefficient (Wildman–Crippen LogP) is -0.591. The van der Waals surface area contributed by atoms with Gasteiger partial charge in [0.15, 0.2) is 0 Å².